The molecule has 48 heavy (non-hydrogen) atoms. The molecule has 14 heteroatoms. The molecule has 2 aliphatic heterocycles. The molecular formula is C34H42N4O10. The van der Waals surface area contributed by atoms with Gasteiger partial charge in [0, 0.05) is 13.1 Å². The molecule has 0 unspecified atom stereocenters. The minimum atomic E-state index is -1.96. The van der Waals surface area contributed by atoms with Crippen molar-refractivity contribution in [1.29, 1.82) is 0 Å². The average molecular weight is 667 g/mol. The lowest BCUT2D eigenvalue weighted by atomic mass is 9.54. The molecule has 4 rings (SSSR count). The summed E-state index contributed by atoms with van der Waals surface area (Å²) in [6, 6.07) is 12.9. The second-order valence-electron chi connectivity index (χ2n) is 13.4. The van der Waals surface area contributed by atoms with E-state index in [9.17, 15) is 19.2 Å². The average Bonchev–Trinajstić information content (AvgIpc) is 3.41. The van der Waals surface area contributed by atoms with Crippen molar-refractivity contribution in [3.05, 3.63) is 59.7 Å². The molecule has 0 aliphatic carbocycles. The molecule has 2 heterocycles. The molecular weight excluding hydrogens is 624 g/mol. The van der Waals surface area contributed by atoms with Gasteiger partial charge in [-0.25, -0.2) is 29.0 Å². The number of amides is 6. The fourth-order valence-corrected chi connectivity index (χ4v) is 6.45. The minimum absolute atomic E-state index is 0.163. The van der Waals surface area contributed by atoms with Crippen LogP contribution in [-0.4, -0.2) is 74.7 Å². The first-order valence-electron chi connectivity index (χ1n) is 15.4. The summed E-state index contributed by atoms with van der Waals surface area (Å²) in [4.78, 5) is 84.4. The first-order valence-corrected chi connectivity index (χ1v) is 15.4. The van der Waals surface area contributed by atoms with Gasteiger partial charge in [0.15, 0.2) is 0 Å². The van der Waals surface area contributed by atoms with Crippen LogP contribution in [0.4, 0.5) is 30.6 Å². The third-order valence-corrected chi connectivity index (χ3v) is 8.14. The van der Waals surface area contributed by atoms with Gasteiger partial charge in [-0.15, -0.1) is 0 Å². The van der Waals surface area contributed by atoms with Gasteiger partial charge in [0.2, 0.25) is 11.8 Å². The zero-order valence-corrected chi connectivity index (χ0v) is 28.4. The summed E-state index contributed by atoms with van der Waals surface area (Å²) < 4.78 is 20.9. The molecule has 0 aromatic heterocycles. The Kier molecular flexibility index (Phi) is 9.79. The standard InChI is InChI=1S/C34H42N4O10/c1-31(2,3)47-29(43)37-23-15-11-9-13-21(23)33(25(37)39,17-19-35-27(41)45-7)34(18-20-36-28(42)46-8)22-14-10-12-16-24(22)38(26(34)40)30(44)48-32(4,5)6/h9-16H,17-20H2,1-8H3,(H,35,41)(H,36,42)/t33-,34-/m0/s1. The van der Waals surface area contributed by atoms with E-state index in [0.717, 1.165) is 9.80 Å². The van der Waals surface area contributed by atoms with Crippen molar-refractivity contribution in [2.75, 3.05) is 37.1 Å². The zero-order valence-electron chi connectivity index (χ0n) is 28.4. The van der Waals surface area contributed by atoms with Crippen molar-refractivity contribution in [3.8, 4) is 0 Å². The van der Waals surface area contributed by atoms with E-state index in [-0.39, 0.29) is 48.4 Å². The molecule has 2 aromatic rings. The summed E-state index contributed by atoms with van der Waals surface area (Å²) in [5, 5.41) is 5.18. The van der Waals surface area contributed by atoms with Gasteiger partial charge in [0.25, 0.3) is 0 Å². The summed E-state index contributed by atoms with van der Waals surface area (Å²) >= 11 is 0. The van der Waals surface area contributed by atoms with E-state index in [1.54, 1.807) is 90.1 Å². The molecule has 0 spiro atoms. The highest BCUT2D eigenvalue weighted by Gasteiger charge is 2.71. The topological polar surface area (TPSA) is 170 Å². The number of para-hydroxylation sites is 2. The largest absolute Gasteiger partial charge is 0.453 e. The molecule has 2 atom stereocenters. The highest BCUT2D eigenvalue weighted by Crippen LogP contribution is 2.61. The summed E-state index contributed by atoms with van der Waals surface area (Å²) in [7, 11) is 2.36. The summed E-state index contributed by atoms with van der Waals surface area (Å²) in [5.41, 5.74) is -5.01. The molecule has 0 saturated carbocycles. The van der Waals surface area contributed by atoms with Crippen LogP contribution in [0.15, 0.2) is 48.5 Å². The lowest BCUT2D eigenvalue weighted by Crippen LogP contribution is -2.62. The number of carbonyl (C=O) groups is 6. The van der Waals surface area contributed by atoms with E-state index in [2.05, 4.69) is 10.6 Å². The van der Waals surface area contributed by atoms with Crippen molar-refractivity contribution in [3.63, 3.8) is 0 Å². The van der Waals surface area contributed by atoms with Crippen molar-refractivity contribution >= 4 is 47.6 Å². The quantitative estimate of drug-likeness (QED) is 0.387. The van der Waals surface area contributed by atoms with Crippen LogP contribution < -0.4 is 20.4 Å². The Labute approximate surface area is 279 Å². The number of rotatable bonds is 7. The van der Waals surface area contributed by atoms with Crippen LogP contribution in [-0.2, 0) is 39.4 Å². The van der Waals surface area contributed by atoms with Crippen LogP contribution in [0.1, 0.15) is 65.5 Å². The van der Waals surface area contributed by atoms with Gasteiger partial charge in [-0.2, -0.15) is 0 Å². The maximum atomic E-state index is 15.2. The van der Waals surface area contributed by atoms with Crippen molar-refractivity contribution in [2.24, 2.45) is 0 Å². The van der Waals surface area contributed by atoms with Crippen LogP contribution >= 0.6 is 0 Å². The number of benzene rings is 2. The fourth-order valence-electron chi connectivity index (χ4n) is 6.45. The number of anilines is 2. The number of fused-ring (bicyclic) bond motifs is 2. The number of hydrogen-bond donors (Lipinski definition) is 2. The normalized spacial score (nSPS) is 20.1. The van der Waals surface area contributed by atoms with E-state index < -0.39 is 58.2 Å². The second kappa shape index (κ2) is 13.2. The Bertz CT molecular complexity index is 1510. The Hall–Kier alpha value is -5.14. The van der Waals surface area contributed by atoms with E-state index in [1.165, 1.54) is 14.2 Å². The molecule has 2 aliphatic rings. The number of ether oxygens (including phenoxy) is 4. The van der Waals surface area contributed by atoms with E-state index in [0.29, 0.717) is 0 Å². The van der Waals surface area contributed by atoms with Crippen molar-refractivity contribution < 1.29 is 47.7 Å². The van der Waals surface area contributed by atoms with Crippen LogP contribution in [0.25, 0.3) is 0 Å². The highest BCUT2D eigenvalue weighted by atomic mass is 16.6. The fraction of sp³-hybridized carbons (Fsp3) is 0.471. The smallest absolute Gasteiger partial charge is 0.421 e. The van der Waals surface area contributed by atoms with Gasteiger partial charge in [-0.3, -0.25) is 9.59 Å². The first-order chi connectivity index (χ1) is 22.4. The molecule has 0 saturated heterocycles. The van der Waals surface area contributed by atoms with Crippen LogP contribution in [0.2, 0.25) is 0 Å². The number of hydrogen-bond acceptors (Lipinski definition) is 10. The van der Waals surface area contributed by atoms with Gasteiger partial charge in [-0.05, 0) is 77.6 Å². The second-order valence-corrected chi connectivity index (χ2v) is 13.4. The van der Waals surface area contributed by atoms with Crippen LogP contribution in [0.3, 0.4) is 0 Å². The highest BCUT2D eigenvalue weighted by molar-refractivity contribution is 6.28. The van der Waals surface area contributed by atoms with Crippen molar-refractivity contribution in [1.82, 2.24) is 10.6 Å². The van der Waals surface area contributed by atoms with Gasteiger partial charge in [-0.1, -0.05) is 36.4 Å². The summed E-state index contributed by atoms with van der Waals surface area (Å²) in [6.45, 7) is 9.54. The predicted molar refractivity (Wildman–Crippen MR) is 174 cm³/mol. The molecule has 6 amide bonds. The Morgan fingerprint density at radius 1 is 0.625 bits per heavy atom. The molecule has 0 fully saturated rings. The summed E-state index contributed by atoms with van der Waals surface area (Å²) in [6.07, 6.45) is -4.01. The SMILES string of the molecule is COC(=O)NCC[C@@]1([C@]2(CCNC(=O)OC)C(=O)N(C(=O)OC(C)(C)C)c3ccccc32)C(=O)N(C(=O)OC(C)(C)C)c2ccccc21. The number of nitrogens with one attached hydrogen (secondary N) is 2. The van der Waals surface area contributed by atoms with E-state index >= 15 is 9.59 Å². The van der Waals surface area contributed by atoms with E-state index in [1.807, 2.05) is 0 Å². The number of alkyl carbamates (subject to hydrolysis) is 2. The van der Waals surface area contributed by atoms with Crippen LogP contribution in [0, 0.1) is 0 Å². The third-order valence-electron chi connectivity index (χ3n) is 8.14. The molecule has 2 aromatic carbocycles. The van der Waals surface area contributed by atoms with E-state index in [4.69, 9.17) is 18.9 Å². The van der Waals surface area contributed by atoms with Crippen molar-refractivity contribution in [2.45, 2.75) is 76.4 Å². The predicted octanol–water partition coefficient (Wildman–Crippen LogP) is 4.92. The van der Waals surface area contributed by atoms with Gasteiger partial charge < -0.3 is 29.6 Å². The lowest BCUT2D eigenvalue weighted by molar-refractivity contribution is -0.135. The van der Waals surface area contributed by atoms with Crippen LogP contribution in [0.5, 0.6) is 0 Å². The Morgan fingerprint density at radius 2 is 0.958 bits per heavy atom. The molecule has 14 nitrogen and oxygen atoms in total. The Balaban J connectivity index is 2.07. The molecule has 0 bridgehead atoms. The Morgan fingerprint density at radius 3 is 1.27 bits per heavy atom. The minimum Gasteiger partial charge on any atom is -0.453 e. The molecule has 2 N–H and O–H groups in total. The molecule has 0 radical (unpaired) electrons. The summed E-state index contributed by atoms with van der Waals surface area (Å²) in [5.74, 6) is -1.64. The maximum Gasteiger partial charge on any atom is 0.421 e. The lowest BCUT2D eigenvalue weighted by Gasteiger charge is -2.44. The third kappa shape index (κ3) is 6.26. The van der Waals surface area contributed by atoms with Gasteiger partial charge in [0.1, 0.15) is 11.2 Å². The first kappa shape index (κ1) is 35.7. The molecule has 258 valence electrons. The maximum absolute atomic E-state index is 15.2. The number of methoxy groups -OCH3 is 2. The zero-order chi connectivity index (χ0) is 35.7. The number of imide groups is 2. The number of carbonyl (C=O) groups excluding carboxylic acids is 6. The monoisotopic (exact) mass is 666 g/mol. The number of nitrogens with zero attached hydrogens (tertiary/aromatic N) is 2. The van der Waals surface area contributed by atoms with Gasteiger partial charge in [0.05, 0.1) is 36.4 Å². The van der Waals surface area contributed by atoms with Gasteiger partial charge >= 0.3 is 24.4 Å².